The molecule has 4 nitrogen and oxygen atoms in total. The standard InChI is InChI=1S/C8H6ClFO4S/c9-15(11,12)6-2-1-5-8(7(6)10)14-4-3-13-5/h1-2H,3-4H2. The zero-order valence-corrected chi connectivity index (χ0v) is 8.94. The molecule has 1 heterocycles. The molecule has 7 heteroatoms. The fourth-order valence-corrected chi connectivity index (χ4v) is 2.15. The van der Waals surface area contributed by atoms with Crippen LogP contribution < -0.4 is 9.47 Å². The second-order valence-electron chi connectivity index (χ2n) is 2.84. The van der Waals surface area contributed by atoms with E-state index in [1.54, 1.807) is 0 Å². The maximum atomic E-state index is 13.6. The number of hydrogen-bond donors (Lipinski definition) is 0. The predicted molar refractivity (Wildman–Crippen MR) is 50.4 cm³/mol. The minimum atomic E-state index is -4.11. The van der Waals surface area contributed by atoms with Gasteiger partial charge in [0.25, 0.3) is 9.05 Å². The molecule has 0 fully saturated rings. The highest BCUT2D eigenvalue weighted by Gasteiger charge is 2.25. The van der Waals surface area contributed by atoms with Crippen LogP contribution in [0, 0.1) is 5.82 Å². The summed E-state index contributed by atoms with van der Waals surface area (Å²) < 4.78 is 45.6. The third-order valence-electron chi connectivity index (χ3n) is 1.88. The van der Waals surface area contributed by atoms with Crippen molar-refractivity contribution in [3.8, 4) is 11.5 Å². The monoisotopic (exact) mass is 252 g/mol. The van der Waals surface area contributed by atoms with Crippen LogP contribution in [0.25, 0.3) is 0 Å². The van der Waals surface area contributed by atoms with Crippen molar-refractivity contribution in [2.45, 2.75) is 4.90 Å². The molecule has 0 aromatic heterocycles. The highest BCUT2D eigenvalue weighted by atomic mass is 35.7. The molecule has 0 spiro atoms. The first kappa shape index (κ1) is 10.5. The van der Waals surface area contributed by atoms with Gasteiger partial charge in [0.2, 0.25) is 0 Å². The van der Waals surface area contributed by atoms with Gasteiger partial charge in [-0.1, -0.05) is 0 Å². The lowest BCUT2D eigenvalue weighted by molar-refractivity contribution is 0.163. The van der Waals surface area contributed by atoms with E-state index in [-0.39, 0.29) is 18.1 Å². The normalized spacial score (nSPS) is 15.1. The van der Waals surface area contributed by atoms with Gasteiger partial charge in [0.05, 0.1) is 0 Å². The van der Waals surface area contributed by atoms with Crippen LogP contribution >= 0.6 is 10.7 Å². The van der Waals surface area contributed by atoms with Crippen molar-refractivity contribution in [1.82, 2.24) is 0 Å². The molecule has 0 bridgehead atoms. The molecule has 1 aliphatic rings. The van der Waals surface area contributed by atoms with E-state index < -0.39 is 19.8 Å². The Morgan fingerprint density at radius 3 is 2.60 bits per heavy atom. The smallest absolute Gasteiger partial charge is 0.264 e. The third-order valence-corrected chi connectivity index (χ3v) is 3.21. The fourth-order valence-electron chi connectivity index (χ4n) is 1.25. The molecule has 1 aromatic carbocycles. The van der Waals surface area contributed by atoms with Crippen LogP contribution in [0.5, 0.6) is 11.5 Å². The lowest BCUT2D eigenvalue weighted by Gasteiger charge is -2.19. The van der Waals surface area contributed by atoms with Gasteiger partial charge in [-0.15, -0.1) is 0 Å². The largest absolute Gasteiger partial charge is 0.486 e. The van der Waals surface area contributed by atoms with Gasteiger partial charge in [0.1, 0.15) is 18.1 Å². The van der Waals surface area contributed by atoms with Gasteiger partial charge in [-0.3, -0.25) is 0 Å². The van der Waals surface area contributed by atoms with Gasteiger partial charge >= 0.3 is 0 Å². The predicted octanol–water partition coefficient (Wildman–Crippen LogP) is 1.52. The molecule has 0 radical (unpaired) electrons. The van der Waals surface area contributed by atoms with Gasteiger partial charge < -0.3 is 9.47 Å². The SMILES string of the molecule is O=S(=O)(Cl)c1ccc2c(c1F)OCCO2. The van der Waals surface area contributed by atoms with Gasteiger partial charge in [0, 0.05) is 10.7 Å². The molecule has 0 saturated carbocycles. The molecule has 0 amide bonds. The van der Waals surface area contributed by atoms with E-state index in [1.807, 2.05) is 0 Å². The van der Waals surface area contributed by atoms with Gasteiger partial charge in [-0.25, -0.2) is 12.8 Å². The Labute approximate surface area is 90.0 Å². The summed E-state index contributed by atoms with van der Waals surface area (Å²) in [7, 11) is 0.937. The van der Waals surface area contributed by atoms with E-state index in [0.717, 1.165) is 6.07 Å². The minimum Gasteiger partial charge on any atom is -0.486 e. The van der Waals surface area contributed by atoms with Crippen molar-refractivity contribution >= 4 is 19.7 Å². The third kappa shape index (κ3) is 1.87. The first-order valence-corrected chi connectivity index (χ1v) is 6.34. The summed E-state index contributed by atoms with van der Waals surface area (Å²) in [6.45, 7) is 0.481. The van der Waals surface area contributed by atoms with Crippen molar-refractivity contribution in [1.29, 1.82) is 0 Å². The molecular weight excluding hydrogens is 247 g/mol. The van der Waals surface area contributed by atoms with Crippen LogP contribution in [0.2, 0.25) is 0 Å². The average Bonchev–Trinajstić information content (AvgIpc) is 2.16. The molecule has 0 saturated heterocycles. The van der Waals surface area contributed by atoms with Crippen molar-refractivity contribution in [3.05, 3.63) is 17.9 Å². The first-order chi connectivity index (χ1) is 7.00. The Morgan fingerprint density at radius 1 is 1.27 bits per heavy atom. The second-order valence-corrected chi connectivity index (χ2v) is 5.37. The average molecular weight is 253 g/mol. The lowest BCUT2D eigenvalue weighted by Crippen LogP contribution is -2.17. The minimum absolute atomic E-state index is 0.176. The zero-order chi connectivity index (χ0) is 11.1. The maximum Gasteiger partial charge on any atom is 0.264 e. The van der Waals surface area contributed by atoms with Gasteiger partial charge in [0.15, 0.2) is 17.3 Å². The second kappa shape index (κ2) is 3.53. The summed E-state index contributed by atoms with van der Waals surface area (Å²) in [6, 6.07) is 2.36. The Hall–Kier alpha value is -1.01. The molecule has 0 aliphatic carbocycles. The maximum absolute atomic E-state index is 13.6. The van der Waals surface area contributed by atoms with Crippen molar-refractivity contribution < 1.29 is 22.3 Å². The van der Waals surface area contributed by atoms with Crippen LogP contribution in [-0.4, -0.2) is 21.6 Å². The summed E-state index contributed by atoms with van der Waals surface area (Å²) in [5.41, 5.74) is 0. The number of hydrogen-bond acceptors (Lipinski definition) is 4. The van der Waals surface area contributed by atoms with Crippen molar-refractivity contribution in [2.24, 2.45) is 0 Å². The fraction of sp³-hybridized carbons (Fsp3) is 0.250. The molecule has 0 unspecified atom stereocenters. The van der Waals surface area contributed by atoms with Crippen LogP contribution in [-0.2, 0) is 9.05 Å². The van der Waals surface area contributed by atoms with Crippen LogP contribution in [0.1, 0.15) is 0 Å². The van der Waals surface area contributed by atoms with Gasteiger partial charge in [-0.2, -0.15) is 0 Å². The Bertz CT molecular complexity index is 500. The van der Waals surface area contributed by atoms with Crippen LogP contribution in [0.3, 0.4) is 0 Å². The molecule has 0 N–H and O–H groups in total. The van der Waals surface area contributed by atoms with E-state index >= 15 is 0 Å². The summed E-state index contributed by atoms with van der Waals surface area (Å²) in [5, 5.41) is 0. The van der Waals surface area contributed by atoms with E-state index in [4.69, 9.17) is 20.2 Å². The number of halogens is 2. The summed E-state index contributed by atoms with van der Waals surface area (Å²) in [6.07, 6.45) is 0. The van der Waals surface area contributed by atoms with E-state index in [2.05, 4.69) is 0 Å². The molecule has 0 atom stereocenters. The van der Waals surface area contributed by atoms with E-state index in [0.29, 0.717) is 6.61 Å². The van der Waals surface area contributed by atoms with Crippen LogP contribution in [0.4, 0.5) is 4.39 Å². The molecule has 2 rings (SSSR count). The van der Waals surface area contributed by atoms with E-state index in [1.165, 1.54) is 6.07 Å². The summed E-state index contributed by atoms with van der Waals surface area (Å²) in [5.74, 6) is -1.03. The highest BCUT2D eigenvalue weighted by Crippen LogP contribution is 2.36. The number of ether oxygens (including phenoxy) is 2. The van der Waals surface area contributed by atoms with Gasteiger partial charge in [-0.05, 0) is 12.1 Å². The van der Waals surface area contributed by atoms with Crippen molar-refractivity contribution in [2.75, 3.05) is 13.2 Å². The summed E-state index contributed by atoms with van der Waals surface area (Å²) >= 11 is 0. The van der Waals surface area contributed by atoms with Crippen molar-refractivity contribution in [3.63, 3.8) is 0 Å². The molecule has 1 aromatic rings. The molecule has 82 valence electrons. The molecular formula is C8H6ClFO4S. The zero-order valence-electron chi connectivity index (χ0n) is 7.37. The quantitative estimate of drug-likeness (QED) is 0.711. The molecule has 15 heavy (non-hydrogen) atoms. The topological polar surface area (TPSA) is 52.6 Å². The first-order valence-electron chi connectivity index (χ1n) is 4.03. The Balaban J connectivity index is 2.63. The number of fused-ring (bicyclic) bond motifs is 1. The lowest BCUT2D eigenvalue weighted by atomic mass is 10.3. The Kier molecular flexibility index (Phi) is 2.47. The van der Waals surface area contributed by atoms with E-state index in [9.17, 15) is 12.8 Å². The van der Waals surface area contributed by atoms with Crippen LogP contribution in [0.15, 0.2) is 17.0 Å². The number of rotatable bonds is 1. The highest BCUT2D eigenvalue weighted by molar-refractivity contribution is 8.13. The Morgan fingerprint density at radius 2 is 1.93 bits per heavy atom. The number of benzene rings is 1. The molecule has 1 aliphatic heterocycles. The summed E-state index contributed by atoms with van der Waals surface area (Å²) in [4.78, 5) is -0.603.